The number of hydrogen-bond donors (Lipinski definition) is 2. The number of nitrogens with zero attached hydrogens (tertiary/aromatic N) is 3. The van der Waals surface area contributed by atoms with E-state index in [9.17, 15) is 39.7 Å². The van der Waals surface area contributed by atoms with E-state index in [0.29, 0.717) is 21.3 Å². The van der Waals surface area contributed by atoms with Crippen LogP contribution < -0.4 is 19.7 Å². The third-order valence-corrected chi connectivity index (χ3v) is 8.37. The number of hydrogen-bond acceptors (Lipinski definition) is 10. The second kappa shape index (κ2) is 11.1. The van der Waals surface area contributed by atoms with Crippen LogP contribution in [0.3, 0.4) is 0 Å². The van der Waals surface area contributed by atoms with Crippen molar-refractivity contribution >= 4 is 50.8 Å². The zero-order valence-electron chi connectivity index (χ0n) is 22.6. The first kappa shape index (κ1) is 29.6. The van der Waals surface area contributed by atoms with Crippen LogP contribution in [0.25, 0.3) is 0 Å². The van der Waals surface area contributed by atoms with Gasteiger partial charge in [-0.05, 0) is 45.3 Å². The fraction of sp³-hybridized carbons (Fsp3) is 0.250. The number of halogens is 1. The summed E-state index contributed by atoms with van der Waals surface area (Å²) in [4.78, 5) is 63.4. The Morgan fingerprint density at radius 3 is 2.26 bits per heavy atom. The first-order chi connectivity index (χ1) is 20.4. The zero-order valence-corrected chi connectivity index (χ0v) is 24.1. The summed E-state index contributed by atoms with van der Waals surface area (Å²) in [6, 6.07) is 12.3. The van der Waals surface area contributed by atoms with Crippen molar-refractivity contribution in [2.75, 3.05) is 19.1 Å². The number of anilines is 1. The molecule has 5 rings (SSSR count). The third-order valence-electron chi connectivity index (χ3n) is 7.78. The first-order valence-corrected chi connectivity index (χ1v) is 13.5. The van der Waals surface area contributed by atoms with Crippen molar-refractivity contribution in [3.63, 3.8) is 0 Å². The van der Waals surface area contributed by atoms with Crippen LogP contribution in [0.4, 0.5) is 17.1 Å². The van der Waals surface area contributed by atoms with Crippen LogP contribution in [0.1, 0.15) is 17.2 Å². The van der Waals surface area contributed by atoms with E-state index < -0.39 is 51.0 Å². The number of amides is 2. The van der Waals surface area contributed by atoms with Crippen LogP contribution in [0.15, 0.2) is 65.1 Å². The molecule has 0 spiro atoms. The van der Waals surface area contributed by atoms with E-state index in [1.165, 1.54) is 56.7 Å². The number of benzene rings is 3. The van der Waals surface area contributed by atoms with Gasteiger partial charge in [0.05, 0.1) is 46.1 Å². The molecule has 0 bridgehead atoms. The van der Waals surface area contributed by atoms with Gasteiger partial charge in [0.15, 0.2) is 11.5 Å². The van der Waals surface area contributed by atoms with Gasteiger partial charge in [-0.2, -0.15) is 0 Å². The lowest BCUT2D eigenvalue weighted by Gasteiger charge is -2.31. The number of nitrogens with one attached hydrogen (secondary N) is 1. The molecule has 0 saturated carbocycles. The zero-order chi connectivity index (χ0) is 31.2. The maximum atomic E-state index is 14.1. The van der Waals surface area contributed by atoms with E-state index in [4.69, 9.17) is 9.47 Å². The maximum Gasteiger partial charge on any atom is 0.325 e. The summed E-state index contributed by atoms with van der Waals surface area (Å²) in [5.41, 5.74) is -1.91. The molecule has 14 nitrogen and oxygen atoms in total. The monoisotopic (exact) mass is 654 g/mol. The van der Waals surface area contributed by atoms with Crippen molar-refractivity contribution in [1.82, 2.24) is 5.32 Å². The molecule has 0 aromatic heterocycles. The number of imide groups is 1. The Balaban J connectivity index is 1.68. The van der Waals surface area contributed by atoms with Crippen LogP contribution in [0.5, 0.6) is 11.5 Å². The maximum absolute atomic E-state index is 14.1. The molecule has 2 amide bonds. The van der Waals surface area contributed by atoms with E-state index in [2.05, 4.69) is 21.2 Å². The fourth-order valence-corrected chi connectivity index (χ4v) is 6.52. The summed E-state index contributed by atoms with van der Waals surface area (Å²) in [5, 5.41) is 36.4. The smallest absolute Gasteiger partial charge is 0.325 e. The molecule has 0 aliphatic carbocycles. The Morgan fingerprint density at radius 1 is 1.00 bits per heavy atom. The summed E-state index contributed by atoms with van der Waals surface area (Å²) in [5.74, 6) is -5.09. The molecule has 3 aromatic rings. The minimum absolute atomic E-state index is 0.0690. The van der Waals surface area contributed by atoms with Crippen molar-refractivity contribution in [3.05, 3.63) is 96.5 Å². The summed E-state index contributed by atoms with van der Waals surface area (Å²) in [7, 11) is 2.84. The molecule has 2 N–H and O–H groups in total. The molecule has 2 saturated heterocycles. The molecule has 15 heteroatoms. The van der Waals surface area contributed by atoms with Gasteiger partial charge in [-0.25, -0.2) is 4.90 Å². The van der Waals surface area contributed by atoms with Gasteiger partial charge in [0.25, 0.3) is 11.4 Å². The molecule has 43 heavy (non-hydrogen) atoms. The summed E-state index contributed by atoms with van der Waals surface area (Å²) < 4.78 is 11.3. The van der Waals surface area contributed by atoms with Crippen LogP contribution in [0.2, 0.25) is 0 Å². The number of carboxylic acids is 1. The average molecular weight is 655 g/mol. The number of fused-ring (bicyclic) bond motifs is 1. The normalized spacial score (nSPS) is 22.8. The number of ether oxygens (including phenoxy) is 2. The number of methoxy groups -OCH3 is 2. The standard InChI is InChI=1S/C28H23BrN4O10/c1-42-20-11-15(10-19(29)24(20)43-2)23-21-22(26(35)31(25(21)34)17-4-3-5-18(12-17)33(40)41)28(30-23,27(36)37)13-14-6-8-16(9-7-14)32(38)39/h3-12,21-23,30H,13H2,1-2H3,(H,36,37). The van der Waals surface area contributed by atoms with E-state index in [1.807, 2.05) is 0 Å². The van der Waals surface area contributed by atoms with Crippen LogP contribution in [0, 0.1) is 32.1 Å². The largest absolute Gasteiger partial charge is 0.493 e. The van der Waals surface area contributed by atoms with Crippen LogP contribution in [-0.2, 0) is 20.8 Å². The van der Waals surface area contributed by atoms with Gasteiger partial charge in [-0.15, -0.1) is 0 Å². The number of carboxylic acid groups (broad SMARTS) is 1. The van der Waals surface area contributed by atoms with Gasteiger partial charge < -0.3 is 14.6 Å². The minimum Gasteiger partial charge on any atom is -0.493 e. The molecular weight excluding hydrogens is 632 g/mol. The molecule has 2 aliphatic rings. The Morgan fingerprint density at radius 2 is 1.67 bits per heavy atom. The number of carbonyl (C=O) groups is 3. The van der Waals surface area contributed by atoms with E-state index in [1.54, 1.807) is 12.1 Å². The van der Waals surface area contributed by atoms with Gasteiger partial charge >= 0.3 is 5.97 Å². The lowest BCUT2D eigenvalue weighted by atomic mass is 9.76. The SMILES string of the molecule is COc1cc(C2NC(Cc3ccc([N+](=O)[O-])cc3)(C(=O)O)C3C(=O)N(c4cccc([N+](=O)[O-])c4)C(=O)C23)cc(Br)c1OC. The number of carbonyl (C=O) groups excluding carboxylic acids is 2. The Hall–Kier alpha value is -4.89. The van der Waals surface area contributed by atoms with Crippen molar-refractivity contribution in [3.8, 4) is 11.5 Å². The summed E-state index contributed by atoms with van der Waals surface area (Å²) in [6.45, 7) is 0. The highest BCUT2D eigenvalue weighted by molar-refractivity contribution is 9.10. The predicted molar refractivity (Wildman–Crippen MR) is 153 cm³/mol. The number of nitro benzene ring substituents is 2. The van der Waals surface area contributed by atoms with Gasteiger partial charge in [-0.1, -0.05) is 18.2 Å². The van der Waals surface area contributed by atoms with E-state index >= 15 is 0 Å². The Kier molecular flexibility index (Phi) is 7.62. The van der Waals surface area contributed by atoms with Crippen molar-refractivity contribution < 1.29 is 38.8 Å². The molecule has 2 heterocycles. The number of nitro groups is 2. The summed E-state index contributed by atoms with van der Waals surface area (Å²) in [6.07, 6.45) is -0.311. The van der Waals surface area contributed by atoms with Gasteiger partial charge in [0, 0.05) is 36.7 Å². The van der Waals surface area contributed by atoms with E-state index in [-0.39, 0.29) is 29.2 Å². The average Bonchev–Trinajstić information content (AvgIpc) is 3.46. The second-order valence-corrected chi connectivity index (χ2v) is 10.9. The van der Waals surface area contributed by atoms with Crippen LogP contribution in [-0.4, -0.2) is 52.5 Å². The second-order valence-electron chi connectivity index (χ2n) is 10.0. The molecule has 3 aromatic carbocycles. The van der Waals surface area contributed by atoms with E-state index in [0.717, 1.165) is 11.0 Å². The molecule has 4 atom stereocenters. The predicted octanol–water partition coefficient (Wildman–Crippen LogP) is 3.80. The Bertz CT molecular complexity index is 1680. The van der Waals surface area contributed by atoms with Crippen molar-refractivity contribution in [1.29, 1.82) is 0 Å². The molecule has 4 unspecified atom stereocenters. The fourth-order valence-electron chi connectivity index (χ4n) is 5.90. The summed E-state index contributed by atoms with van der Waals surface area (Å²) >= 11 is 3.42. The number of rotatable bonds is 9. The van der Waals surface area contributed by atoms with Crippen LogP contribution >= 0.6 is 15.9 Å². The number of aliphatic carboxylic acids is 1. The first-order valence-electron chi connectivity index (χ1n) is 12.7. The Labute approximate surface area is 251 Å². The van der Waals surface area contributed by atoms with Crippen molar-refractivity contribution in [2.45, 2.75) is 18.0 Å². The quantitative estimate of drug-likeness (QED) is 0.194. The molecule has 0 radical (unpaired) electrons. The third kappa shape index (κ3) is 4.85. The highest BCUT2D eigenvalue weighted by Gasteiger charge is 2.68. The van der Waals surface area contributed by atoms with Crippen molar-refractivity contribution in [2.24, 2.45) is 11.8 Å². The topological polar surface area (TPSA) is 191 Å². The molecular formula is C28H23BrN4O10. The van der Waals surface area contributed by atoms with Gasteiger partial charge in [0.1, 0.15) is 5.54 Å². The highest BCUT2D eigenvalue weighted by atomic mass is 79.9. The minimum atomic E-state index is -2.05. The number of non-ortho nitro benzene ring substituents is 2. The lowest BCUT2D eigenvalue weighted by molar-refractivity contribution is -0.385. The molecule has 2 fully saturated rings. The van der Waals surface area contributed by atoms with Gasteiger partial charge in [0.2, 0.25) is 11.8 Å². The lowest BCUT2D eigenvalue weighted by Crippen LogP contribution is -2.57. The van der Waals surface area contributed by atoms with Gasteiger partial charge in [-0.3, -0.25) is 39.9 Å². The molecule has 2 aliphatic heterocycles. The highest BCUT2D eigenvalue weighted by Crippen LogP contribution is 2.52. The molecule has 222 valence electrons.